The van der Waals surface area contributed by atoms with E-state index >= 15 is 0 Å². The van der Waals surface area contributed by atoms with E-state index in [1.807, 2.05) is 6.07 Å². The highest BCUT2D eigenvalue weighted by Gasteiger charge is 2.14. The zero-order valence-electron chi connectivity index (χ0n) is 8.14. The number of carbonyl (C=O) groups excluding carboxylic acids is 2. The summed E-state index contributed by atoms with van der Waals surface area (Å²) in [7, 11) is 1.30. The van der Waals surface area contributed by atoms with Crippen molar-refractivity contribution >= 4 is 22.9 Å². The number of imide groups is 1. The van der Waals surface area contributed by atoms with Crippen LogP contribution in [0.1, 0.15) is 0 Å². The van der Waals surface area contributed by atoms with Gasteiger partial charge < -0.3 is 4.74 Å². The second kappa shape index (κ2) is 5.36. The summed E-state index contributed by atoms with van der Waals surface area (Å²) in [5, 5.41) is -0.823. The van der Waals surface area contributed by atoms with Gasteiger partial charge in [-0.05, 0) is 23.7 Å². The molecule has 1 aromatic carbocycles. The second-order valence-corrected chi connectivity index (χ2v) is 3.13. The minimum atomic E-state index is -0.823. The van der Waals surface area contributed by atoms with Gasteiger partial charge >= 0.3 is 5.37 Å². The predicted octanol–water partition coefficient (Wildman–Crippen LogP) is 1.88. The van der Waals surface area contributed by atoms with Gasteiger partial charge in [-0.2, -0.15) is 0 Å². The molecule has 0 fully saturated rings. The third-order valence-electron chi connectivity index (χ3n) is 1.74. The first kappa shape index (κ1) is 11.5. The fraction of sp³-hybridized carbons (Fsp3) is 0.200. The van der Waals surface area contributed by atoms with E-state index in [1.165, 1.54) is 7.05 Å². The van der Waals surface area contributed by atoms with Crippen molar-refractivity contribution in [3.05, 3.63) is 30.3 Å². The molecule has 0 bridgehead atoms. The Kier molecular flexibility index (Phi) is 4.12. The van der Waals surface area contributed by atoms with E-state index in [2.05, 4.69) is 0 Å². The third kappa shape index (κ3) is 3.59. The summed E-state index contributed by atoms with van der Waals surface area (Å²) in [6, 6.07) is 8.85. The van der Waals surface area contributed by atoms with Gasteiger partial charge in [0.2, 0.25) is 0 Å². The van der Waals surface area contributed by atoms with E-state index in [0.717, 1.165) is 4.90 Å². The molecule has 0 atom stereocenters. The Bertz CT molecular complexity index is 353. The molecule has 0 aliphatic carbocycles. The molecule has 0 saturated heterocycles. The Morgan fingerprint density at radius 3 is 2.47 bits per heavy atom. The number of hydrogen-bond donors (Lipinski definition) is 0. The number of carbonyl (C=O) groups is 2. The molecule has 0 spiro atoms. The lowest BCUT2D eigenvalue weighted by Gasteiger charge is -2.11. The van der Waals surface area contributed by atoms with Crippen molar-refractivity contribution in [3.8, 4) is 5.75 Å². The molecule has 0 aliphatic rings. The van der Waals surface area contributed by atoms with Gasteiger partial charge in [0, 0.05) is 7.05 Å². The minimum Gasteiger partial charge on any atom is -0.484 e. The van der Waals surface area contributed by atoms with Crippen molar-refractivity contribution in [2.75, 3.05) is 13.7 Å². The van der Waals surface area contributed by atoms with Gasteiger partial charge in [0.1, 0.15) is 5.75 Å². The van der Waals surface area contributed by atoms with Gasteiger partial charge in [-0.15, -0.1) is 0 Å². The second-order valence-electron chi connectivity index (χ2n) is 2.81. The topological polar surface area (TPSA) is 46.6 Å². The maximum Gasteiger partial charge on any atom is 0.322 e. The van der Waals surface area contributed by atoms with Crippen LogP contribution in [0.2, 0.25) is 0 Å². The van der Waals surface area contributed by atoms with E-state index in [1.54, 1.807) is 24.3 Å². The van der Waals surface area contributed by atoms with Crippen molar-refractivity contribution in [1.29, 1.82) is 0 Å². The lowest BCUT2D eigenvalue weighted by molar-refractivity contribution is -0.128. The van der Waals surface area contributed by atoms with Crippen molar-refractivity contribution < 1.29 is 14.3 Å². The van der Waals surface area contributed by atoms with E-state index in [0.29, 0.717) is 5.75 Å². The molecular weight excluding hydrogens is 218 g/mol. The van der Waals surface area contributed by atoms with Crippen LogP contribution in [-0.4, -0.2) is 29.8 Å². The molecule has 80 valence electrons. The average Bonchev–Trinajstić information content (AvgIpc) is 2.26. The predicted molar refractivity (Wildman–Crippen MR) is 56.0 cm³/mol. The monoisotopic (exact) mass is 227 g/mol. The number of amides is 2. The molecule has 0 unspecified atom stereocenters. The normalized spacial score (nSPS) is 9.47. The molecule has 0 aromatic heterocycles. The molecule has 1 aromatic rings. The number of likely N-dealkylation sites (N-methyl/N-ethyl adjacent to an activating group) is 1. The Balaban J connectivity index is 2.44. The lowest BCUT2D eigenvalue weighted by atomic mass is 10.3. The van der Waals surface area contributed by atoms with E-state index in [-0.39, 0.29) is 6.61 Å². The molecule has 5 heteroatoms. The van der Waals surface area contributed by atoms with E-state index in [4.69, 9.17) is 16.3 Å². The first-order valence-electron chi connectivity index (χ1n) is 4.25. The fourth-order valence-electron chi connectivity index (χ4n) is 0.857. The van der Waals surface area contributed by atoms with Crippen LogP contribution in [0, 0.1) is 0 Å². The summed E-state index contributed by atoms with van der Waals surface area (Å²) in [4.78, 5) is 22.7. The highest BCUT2D eigenvalue weighted by molar-refractivity contribution is 6.63. The van der Waals surface area contributed by atoms with Crippen LogP contribution in [0.25, 0.3) is 0 Å². The van der Waals surface area contributed by atoms with Crippen LogP contribution >= 0.6 is 11.6 Å². The number of rotatable bonds is 3. The van der Waals surface area contributed by atoms with Crippen molar-refractivity contribution in [2.24, 2.45) is 0 Å². The van der Waals surface area contributed by atoms with Gasteiger partial charge in [-0.3, -0.25) is 14.5 Å². The number of para-hydroxylation sites is 1. The molecule has 0 radical (unpaired) electrons. The molecule has 1 rings (SSSR count). The number of hydrogen-bond acceptors (Lipinski definition) is 3. The Morgan fingerprint density at radius 2 is 1.93 bits per heavy atom. The van der Waals surface area contributed by atoms with E-state index in [9.17, 15) is 9.59 Å². The van der Waals surface area contributed by atoms with E-state index < -0.39 is 11.3 Å². The van der Waals surface area contributed by atoms with Crippen LogP contribution in [0.15, 0.2) is 30.3 Å². The number of halogens is 1. The number of benzene rings is 1. The summed E-state index contributed by atoms with van der Waals surface area (Å²) < 4.78 is 5.14. The van der Waals surface area contributed by atoms with Crippen molar-refractivity contribution in [2.45, 2.75) is 0 Å². The molecule has 0 saturated carbocycles. The Labute approximate surface area is 92.4 Å². The maximum absolute atomic E-state index is 11.3. The molecule has 2 amide bonds. The van der Waals surface area contributed by atoms with Crippen LogP contribution < -0.4 is 4.74 Å². The van der Waals surface area contributed by atoms with Crippen LogP contribution in [0.3, 0.4) is 0 Å². The molecule has 0 heterocycles. The highest BCUT2D eigenvalue weighted by Crippen LogP contribution is 2.08. The quantitative estimate of drug-likeness (QED) is 0.585. The molecule has 4 nitrogen and oxygen atoms in total. The summed E-state index contributed by atoms with van der Waals surface area (Å²) in [5.41, 5.74) is 0. The summed E-state index contributed by atoms with van der Waals surface area (Å²) in [6.07, 6.45) is 0. The Hall–Kier alpha value is -1.55. The lowest BCUT2D eigenvalue weighted by Crippen LogP contribution is -2.33. The zero-order chi connectivity index (χ0) is 11.3. The SMILES string of the molecule is CN(C(=O)Cl)C(=O)COc1ccccc1. The zero-order valence-corrected chi connectivity index (χ0v) is 8.90. The number of nitrogens with zero attached hydrogens (tertiary/aromatic N) is 1. The first-order chi connectivity index (χ1) is 7.11. The number of ether oxygens (including phenoxy) is 1. The fourth-order valence-corrected chi connectivity index (χ4v) is 0.951. The molecule has 15 heavy (non-hydrogen) atoms. The maximum atomic E-state index is 11.3. The molecule has 0 aliphatic heterocycles. The van der Waals surface area contributed by atoms with Gasteiger partial charge in [0.25, 0.3) is 5.91 Å². The Morgan fingerprint density at radius 1 is 1.33 bits per heavy atom. The van der Waals surface area contributed by atoms with Gasteiger partial charge in [-0.1, -0.05) is 18.2 Å². The summed E-state index contributed by atoms with van der Waals surface area (Å²) >= 11 is 5.12. The summed E-state index contributed by atoms with van der Waals surface area (Å²) in [5.74, 6) is 0.0834. The van der Waals surface area contributed by atoms with Gasteiger partial charge in [-0.25, -0.2) is 0 Å². The van der Waals surface area contributed by atoms with Crippen molar-refractivity contribution in [1.82, 2.24) is 4.90 Å². The smallest absolute Gasteiger partial charge is 0.322 e. The van der Waals surface area contributed by atoms with Crippen LogP contribution in [-0.2, 0) is 4.79 Å². The average molecular weight is 228 g/mol. The molecule has 0 N–H and O–H groups in total. The summed E-state index contributed by atoms with van der Waals surface area (Å²) in [6.45, 7) is -0.209. The highest BCUT2D eigenvalue weighted by atomic mass is 35.5. The minimum absolute atomic E-state index is 0.209. The van der Waals surface area contributed by atoms with Gasteiger partial charge in [0.15, 0.2) is 6.61 Å². The van der Waals surface area contributed by atoms with Crippen LogP contribution in [0.5, 0.6) is 5.75 Å². The standard InChI is InChI=1S/C10H10ClNO3/c1-12(10(11)14)9(13)7-15-8-5-3-2-4-6-8/h2-6H,7H2,1H3. The largest absolute Gasteiger partial charge is 0.484 e. The van der Waals surface area contributed by atoms with Crippen LogP contribution in [0.4, 0.5) is 4.79 Å². The van der Waals surface area contributed by atoms with Crippen molar-refractivity contribution in [3.63, 3.8) is 0 Å². The van der Waals surface area contributed by atoms with Gasteiger partial charge in [0.05, 0.1) is 0 Å². The third-order valence-corrected chi connectivity index (χ3v) is 2.00. The molecular formula is C10H10ClNO3. The first-order valence-corrected chi connectivity index (χ1v) is 4.63.